The molecule has 0 fully saturated rings. The standard InChI is InChI=1S/C12H20F2O7S.C10H16F2O7S.C9H14F4O6S.C8H12F4O5S.C8H12F2O7S.C7H12F2O5S/c1-4-11(2,3)9(15)20-7-5-6-8-21-10(16)12(13,14)22(17,18)19;1-4-9(2,3)7(13)18-5-6-19-8(14)10(11,12)20(15,16)17;1-3-6(2)7(14)18-4-5-19-8(10,11)9(12,13)20(15,16)17;1-3-5(2)6(13)17-4-7(9,10)8(11,12)18(14,15)16;1-3-5(2)6(11)16-4-17-7(12)8(9,10)18(13,14)15;1-3-5(2)6(10)14-4-7(8,9)15(11,12)13/h4-8H2,1-3H3,(H,17,18,19);4-6H2,1-3H3,(H,15,16,17);6H,3-5H2,1-2H3,(H,15,16,17);5H,3-4H2,1-2H3,(H,14,15,16);5H,3-4H2,1-2H3,(H,13,14,15);5H,3-4H2,1-2H3,(H,11,12,13)/p-6. The molecule has 113 heavy (non-hydrogen) atoms. The van der Waals surface area contributed by atoms with Crippen molar-refractivity contribution < 1.29 is 239 Å². The fraction of sp³-hybridized carbons (Fsp3) is 0.833. The van der Waals surface area contributed by atoms with Gasteiger partial charge in [-0.1, -0.05) is 69.2 Å². The molecule has 0 rings (SSSR count). The molecule has 4 atom stereocenters. The Hall–Kier alpha value is -6.47. The summed E-state index contributed by atoms with van der Waals surface area (Å²) in [7, 11) is -37.4. The maximum absolute atomic E-state index is 12.8. The van der Waals surface area contributed by atoms with E-state index in [1.54, 1.807) is 55.4 Å². The van der Waals surface area contributed by atoms with Crippen LogP contribution in [0.15, 0.2) is 0 Å². The zero-order chi connectivity index (χ0) is 91.6. The summed E-state index contributed by atoms with van der Waals surface area (Å²) in [6.45, 7) is 13.5. The van der Waals surface area contributed by atoms with Gasteiger partial charge in [-0.25, -0.2) is 64.9 Å². The van der Waals surface area contributed by atoms with Crippen LogP contribution in [-0.2, 0) is 151 Å². The van der Waals surface area contributed by atoms with E-state index in [0.717, 1.165) is 0 Å². The van der Waals surface area contributed by atoms with Gasteiger partial charge < -0.3 is 74.7 Å². The van der Waals surface area contributed by atoms with Gasteiger partial charge in [0, 0.05) is 0 Å². The molecule has 672 valence electrons. The van der Waals surface area contributed by atoms with Crippen LogP contribution < -0.4 is 0 Å². The predicted molar refractivity (Wildman–Crippen MR) is 333 cm³/mol. The first-order valence-corrected chi connectivity index (χ1v) is 39.5. The van der Waals surface area contributed by atoms with Crippen molar-refractivity contribution in [1.29, 1.82) is 0 Å². The average Bonchev–Trinajstić information content (AvgIpc) is 0.777. The minimum absolute atomic E-state index is 0.00998. The first-order valence-electron chi connectivity index (χ1n) is 31.0. The number of unbranched alkanes of at least 4 members (excludes halogenated alkanes) is 1. The van der Waals surface area contributed by atoms with Crippen LogP contribution in [0.1, 0.15) is 148 Å². The molecule has 0 saturated heterocycles. The largest absolute Gasteiger partial charge is 0.743 e. The highest BCUT2D eigenvalue weighted by Gasteiger charge is 2.64. The monoisotopic (exact) mass is 1820 g/mol. The quantitative estimate of drug-likeness (QED) is 0.0177. The minimum atomic E-state index is -6.60. The number of alkyl halides is 16. The lowest BCUT2D eigenvalue weighted by Gasteiger charge is -2.28. The van der Waals surface area contributed by atoms with Gasteiger partial charge in [-0.3, -0.25) is 28.8 Å². The average molecular weight is 1820 g/mol. The Bertz CT molecular complexity index is 3810. The summed E-state index contributed by atoms with van der Waals surface area (Å²) >= 11 is 0. The molecule has 0 amide bonds. The van der Waals surface area contributed by atoms with Crippen LogP contribution in [0.3, 0.4) is 0 Å². The van der Waals surface area contributed by atoms with Crippen LogP contribution in [0.4, 0.5) is 70.2 Å². The fourth-order valence-corrected chi connectivity index (χ4v) is 6.38. The second-order valence-corrected chi connectivity index (χ2v) is 32.0. The van der Waals surface area contributed by atoms with Crippen molar-refractivity contribution in [1.82, 2.24) is 0 Å². The lowest BCUT2D eigenvalue weighted by molar-refractivity contribution is -0.320. The zero-order valence-electron chi connectivity index (χ0n) is 61.4. The summed E-state index contributed by atoms with van der Waals surface area (Å²) in [5.74, 6) is -20.0. The number of ether oxygens (including phenoxy) is 10. The van der Waals surface area contributed by atoms with Crippen molar-refractivity contribution in [2.24, 2.45) is 34.5 Å². The number of carbonyl (C=O) groups excluding carboxylic acids is 9. The second-order valence-electron chi connectivity index (χ2n) is 23.4. The molecule has 59 heteroatoms. The van der Waals surface area contributed by atoms with Gasteiger partial charge in [-0.05, 0) is 79.1 Å². The van der Waals surface area contributed by atoms with Crippen LogP contribution in [0.5, 0.6) is 0 Å². The van der Waals surface area contributed by atoms with E-state index in [0.29, 0.717) is 32.1 Å². The smallest absolute Gasteiger partial charge is 0.433 e. The number of hydrogen-bond donors (Lipinski definition) is 0. The number of hydrogen-bond acceptors (Lipinski definition) is 37. The Morgan fingerprint density at radius 1 is 0.310 bits per heavy atom. The molecule has 0 spiro atoms. The van der Waals surface area contributed by atoms with Crippen LogP contribution in [0.2, 0.25) is 0 Å². The molecule has 0 saturated carbocycles. The summed E-state index contributed by atoms with van der Waals surface area (Å²) in [6, 6.07) is 0. The minimum Gasteiger partial charge on any atom is -0.743 e. The SMILES string of the molecule is CCC(C)(C)C(=O)OCCCCOC(=O)C(F)(F)S(=O)(=O)[O-].CCC(C)(C)C(=O)OCCOC(=O)C(F)(F)S(=O)(=O)[O-].CCC(C)C(=O)OCC(F)(F)C(F)(F)S(=O)(=O)[O-].CCC(C)C(=O)OCC(F)(F)S(=O)(=O)[O-].CCC(C)C(=O)OCCOC(F)(F)C(F)(F)S(=O)(=O)[O-].CCC(C)C(=O)OCOC(=O)C(F)(F)S(=O)(=O)[O-]. The van der Waals surface area contributed by atoms with Crippen molar-refractivity contribution in [3.05, 3.63) is 0 Å². The van der Waals surface area contributed by atoms with Crippen LogP contribution in [-0.4, -0.2) is 235 Å². The normalized spacial score (nSPS) is 14.0. The number of rotatable bonds is 41. The molecule has 0 aliphatic carbocycles. The van der Waals surface area contributed by atoms with E-state index in [1.807, 2.05) is 6.92 Å². The van der Waals surface area contributed by atoms with Gasteiger partial charge in [0.2, 0.25) is 6.79 Å². The number of esters is 9. The van der Waals surface area contributed by atoms with Gasteiger partial charge in [0.15, 0.2) is 73.9 Å². The molecule has 4 unspecified atom stereocenters. The Morgan fingerprint density at radius 2 is 0.566 bits per heavy atom. The van der Waals surface area contributed by atoms with E-state index in [9.17, 15) is 191 Å². The van der Waals surface area contributed by atoms with E-state index in [1.165, 1.54) is 34.6 Å². The van der Waals surface area contributed by atoms with E-state index in [4.69, 9.17) is 4.74 Å². The molecule has 0 N–H and O–H groups in total. The highest BCUT2D eigenvalue weighted by molar-refractivity contribution is 7.88. The van der Waals surface area contributed by atoms with Crippen LogP contribution in [0, 0.1) is 34.5 Å². The third-order valence-electron chi connectivity index (χ3n) is 13.7. The summed E-state index contributed by atoms with van der Waals surface area (Å²) in [4.78, 5) is 99.1. The number of halogens is 16. The Balaban J connectivity index is -0.000000305. The third kappa shape index (κ3) is 40.3. The van der Waals surface area contributed by atoms with E-state index in [-0.39, 0.29) is 25.9 Å². The topological polar surface area (TPSA) is 589 Å². The fourth-order valence-electron chi connectivity index (χ4n) is 4.61. The lowest BCUT2D eigenvalue weighted by Crippen LogP contribution is -2.50. The van der Waals surface area contributed by atoms with Crippen molar-refractivity contribution in [2.45, 2.75) is 192 Å². The molecular formula is C54H80F16O37S6-6. The molecule has 0 aromatic heterocycles. The van der Waals surface area contributed by atoms with Gasteiger partial charge in [0.05, 0.1) is 54.3 Å². The summed E-state index contributed by atoms with van der Waals surface area (Å²) < 4.78 is 425. The van der Waals surface area contributed by atoms with E-state index < -0.39 is 246 Å². The van der Waals surface area contributed by atoms with Crippen molar-refractivity contribution in [3.8, 4) is 0 Å². The van der Waals surface area contributed by atoms with Gasteiger partial charge in [0.1, 0.15) is 19.8 Å². The molecule has 0 bridgehead atoms. The Morgan fingerprint density at radius 3 is 0.850 bits per heavy atom. The first-order chi connectivity index (χ1) is 50.1. The van der Waals surface area contributed by atoms with Crippen molar-refractivity contribution in [2.75, 3.05) is 59.6 Å². The maximum atomic E-state index is 12.8. The first kappa shape index (κ1) is 117. The Labute approximate surface area is 636 Å². The molecule has 0 aromatic carbocycles. The molecule has 0 aliphatic heterocycles. The van der Waals surface area contributed by atoms with E-state index >= 15 is 0 Å². The summed E-state index contributed by atoms with van der Waals surface area (Å²) in [5.41, 5.74) is -1.41. The summed E-state index contributed by atoms with van der Waals surface area (Å²) in [5, 5.41) is -31.8. The van der Waals surface area contributed by atoms with Crippen LogP contribution >= 0.6 is 0 Å². The highest BCUT2D eigenvalue weighted by atomic mass is 32.2. The zero-order valence-corrected chi connectivity index (χ0v) is 66.3. The highest BCUT2D eigenvalue weighted by Crippen LogP contribution is 2.40. The predicted octanol–water partition coefficient (Wildman–Crippen LogP) is 5.67. The second kappa shape index (κ2) is 47.7. The molecule has 0 heterocycles. The third-order valence-corrected chi connectivity index (χ3v) is 18.7. The molecule has 0 aromatic rings. The van der Waals surface area contributed by atoms with Crippen LogP contribution in [0.25, 0.3) is 0 Å². The van der Waals surface area contributed by atoms with Gasteiger partial charge >= 0.3 is 97.3 Å². The van der Waals surface area contributed by atoms with Crippen molar-refractivity contribution in [3.63, 3.8) is 0 Å². The molecular weight excluding hydrogens is 1740 g/mol. The molecule has 0 aliphatic rings. The lowest BCUT2D eigenvalue weighted by atomic mass is 9.91. The van der Waals surface area contributed by atoms with Crippen molar-refractivity contribution >= 4 is 114 Å². The molecule has 37 nitrogen and oxygen atoms in total. The summed E-state index contributed by atoms with van der Waals surface area (Å²) in [6.07, 6.45) is -2.73. The molecule has 0 radical (unpaired) electrons. The van der Waals surface area contributed by atoms with Gasteiger partial charge in [-0.15, -0.1) is 0 Å². The maximum Gasteiger partial charge on any atom is 0.433 e. The number of carbonyl (C=O) groups is 9. The Kier molecular flexibility index (Phi) is 49.5. The van der Waals surface area contributed by atoms with Gasteiger partial charge in [-0.2, -0.15) is 70.2 Å². The van der Waals surface area contributed by atoms with E-state index in [2.05, 4.69) is 42.6 Å². The van der Waals surface area contributed by atoms with Gasteiger partial charge in [0.25, 0.3) is 0 Å².